The summed E-state index contributed by atoms with van der Waals surface area (Å²) in [5, 5.41) is 6.97. The Bertz CT molecular complexity index is 1690. The third-order valence-corrected chi connectivity index (χ3v) is 7.61. The van der Waals surface area contributed by atoms with Crippen molar-refractivity contribution in [3.63, 3.8) is 0 Å². The Hall–Kier alpha value is -3.82. The molecule has 5 rings (SSSR count). The first-order valence-corrected chi connectivity index (χ1v) is 14.0. The molecule has 2 atom stereocenters. The molecule has 0 fully saturated rings. The van der Waals surface area contributed by atoms with Gasteiger partial charge in [-0.1, -0.05) is 42.5 Å². The molecule has 0 saturated carbocycles. The number of nitrogens with one attached hydrogen (secondary N) is 1. The predicted molar refractivity (Wildman–Crippen MR) is 172 cm³/mol. The molecule has 1 aliphatic rings. The molecule has 3 aromatic carbocycles. The zero-order valence-electron chi connectivity index (χ0n) is 24.8. The Labute approximate surface area is 279 Å². The summed E-state index contributed by atoms with van der Waals surface area (Å²) in [6.07, 6.45) is -9.75. The molecule has 0 saturated heterocycles. The molecule has 1 amide bonds. The van der Waals surface area contributed by atoms with Gasteiger partial charge in [0.05, 0.1) is 29.4 Å². The molecule has 4 aromatic rings. The number of benzene rings is 3. The normalized spacial score (nSPS) is 16.3. The van der Waals surface area contributed by atoms with E-state index in [4.69, 9.17) is 0 Å². The van der Waals surface area contributed by atoms with Crippen LogP contribution >= 0.6 is 27.0 Å². The standard InChI is InChI=1S/C32H27F7N4O2.2H2S/c1-2-42-29-28(25(17-40-18-31(34,35)36)41-43(29)23-9-4-3-5-10-23)27(19-11-13-22(33)14-12-19)24(30(42)45)16-26(44)20-7-6-8-21(15-20)32(37,38)39;;/h3-15,24,27,40H,2,16-18H2,1H3;2*1H2/t24-,27+;;/m0../s1. The zero-order valence-corrected chi connectivity index (χ0v) is 26.8. The van der Waals surface area contributed by atoms with E-state index < -0.39 is 60.2 Å². The van der Waals surface area contributed by atoms with E-state index in [1.165, 1.54) is 27.8 Å². The molecule has 6 nitrogen and oxygen atoms in total. The summed E-state index contributed by atoms with van der Waals surface area (Å²) in [6.45, 7) is 0.0775. The van der Waals surface area contributed by atoms with Gasteiger partial charge in [0.1, 0.15) is 11.6 Å². The highest BCUT2D eigenvalue weighted by Gasteiger charge is 2.46. The molecular formula is C32H31F7N4O2S2. The number of Topliss-reactive ketones (excluding diaryl/α,β-unsaturated/α-hetero) is 1. The average molecular weight is 701 g/mol. The molecule has 1 aromatic heterocycles. The Morgan fingerprint density at radius 1 is 0.915 bits per heavy atom. The number of aromatic nitrogens is 2. The number of hydrogen-bond acceptors (Lipinski definition) is 4. The van der Waals surface area contributed by atoms with E-state index >= 15 is 0 Å². The van der Waals surface area contributed by atoms with Gasteiger partial charge >= 0.3 is 12.4 Å². The Morgan fingerprint density at radius 2 is 1.57 bits per heavy atom. The number of ketones is 1. The highest BCUT2D eigenvalue weighted by Crippen LogP contribution is 2.47. The molecule has 0 unspecified atom stereocenters. The first-order chi connectivity index (χ1) is 21.3. The van der Waals surface area contributed by atoms with Gasteiger partial charge in [-0.15, -0.1) is 0 Å². The molecule has 0 bridgehead atoms. The van der Waals surface area contributed by atoms with Crippen molar-refractivity contribution in [2.24, 2.45) is 5.92 Å². The van der Waals surface area contributed by atoms with Crippen LogP contribution in [0.15, 0.2) is 78.9 Å². The van der Waals surface area contributed by atoms with Crippen molar-refractivity contribution >= 4 is 44.5 Å². The topological polar surface area (TPSA) is 67.2 Å². The number of alkyl halides is 6. The average Bonchev–Trinajstić information content (AvgIpc) is 3.36. The molecule has 252 valence electrons. The second-order valence-electron chi connectivity index (χ2n) is 10.6. The van der Waals surface area contributed by atoms with Crippen LogP contribution in [0.3, 0.4) is 0 Å². The van der Waals surface area contributed by atoms with E-state index in [1.54, 1.807) is 37.3 Å². The van der Waals surface area contributed by atoms with Crippen LogP contribution in [0.25, 0.3) is 5.69 Å². The van der Waals surface area contributed by atoms with Gasteiger partial charge in [0.2, 0.25) is 5.91 Å². The maximum absolute atomic E-state index is 14.2. The smallest absolute Gasteiger partial charge is 0.303 e. The number of nitrogens with zero attached hydrogens (tertiary/aromatic N) is 3. The van der Waals surface area contributed by atoms with Gasteiger partial charge in [0.15, 0.2) is 5.78 Å². The lowest BCUT2D eigenvalue weighted by Gasteiger charge is -2.38. The molecule has 47 heavy (non-hydrogen) atoms. The maximum atomic E-state index is 14.2. The van der Waals surface area contributed by atoms with E-state index in [-0.39, 0.29) is 57.2 Å². The fraction of sp³-hybridized carbons (Fsp3) is 0.281. The van der Waals surface area contributed by atoms with Crippen molar-refractivity contribution in [1.82, 2.24) is 15.1 Å². The van der Waals surface area contributed by atoms with Crippen LogP contribution in [-0.4, -0.2) is 40.7 Å². The lowest BCUT2D eigenvalue weighted by molar-refractivity contribution is -0.137. The van der Waals surface area contributed by atoms with Gasteiger partial charge < -0.3 is 5.32 Å². The molecule has 0 spiro atoms. The largest absolute Gasteiger partial charge is 0.416 e. The van der Waals surface area contributed by atoms with Crippen LogP contribution in [0, 0.1) is 11.7 Å². The summed E-state index contributed by atoms with van der Waals surface area (Å²) in [4.78, 5) is 29.1. The van der Waals surface area contributed by atoms with Crippen LogP contribution in [0.5, 0.6) is 0 Å². The van der Waals surface area contributed by atoms with Gasteiger partial charge in [0.25, 0.3) is 0 Å². The summed E-state index contributed by atoms with van der Waals surface area (Å²) < 4.78 is 95.0. The van der Waals surface area contributed by atoms with Crippen molar-refractivity contribution < 1.29 is 40.3 Å². The SMILES string of the molecule is CCN1C(=O)[C@@H](CC(=O)c2cccc(C(F)(F)F)c2)[C@@H](c2ccc(F)cc2)c2c(CNCC(F)(F)F)nn(-c3ccccc3)c21.S.S. The number of halogens is 7. The molecule has 2 heterocycles. The number of fused-ring (bicyclic) bond motifs is 1. The first-order valence-electron chi connectivity index (χ1n) is 14.0. The molecule has 15 heteroatoms. The first kappa shape index (κ1) is 37.6. The minimum atomic E-state index is -4.70. The highest BCUT2D eigenvalue weighted by atomic mass is 32.1. The van der Waals surface area contributed by atoms with Crippen molar-refractivity contribution in [3.05, 3.63) is 113 Å². The number of para-hydroxylation sites is 1. The monoisotopic (exact) mass is 700 g/mol. The van der Waals surface area contributed by atoms with Crippen molar-refractivity contribution in [3.8, 4) is 5.69 Å². The molecule has 1 aliphatic heterocycles. The fourth-order valence-electron chi connectivity index (χ4n) is 5.66. The Balaban J connectivity index is 0.00000300. The van der Waals surface area contributed by atoms with E-state index in [1.807, 2.05) is 0 Å². The van der Waals surface area contributed by atoms with E-state index in [0.29, 0.717) is 22.9 Å². The van der Waals surface area contributed by atoms with Crippen LogP contribution < -0.4 is 10.2 Å². The predicted octanol–water partition coefficient (Wildman–Crippen LogP) is 7.30. The summed E-state index contributed by atoms with van der Waals surface area (Å²) in [5.41, 5.74) is 0.124. The number of anilines is 1. The number of carbonyl (C=O) groups excluding carboxylic acids is 2. The van der Waals surface area contributed by atoms with Gasteiger partial charge in [-0.2, -0.15) is 58.4 Å². The van der Waals surface area contributed by atoms with Crippen LogP contribution in [0.2, 0.25) is 0 Å². The molecular weight excluding hydrogens is 669 g/mol. The third kappa shape index (κ3) is 8.19. The minimum absolute atomic E-state index is 0. The van der Waals surface area contributed by atoms with Crippen molar-refractivity contribution in [1.29, 1.82) is 0 Å². The number of hydrogen-bond donors (Lipinski definition) is 1. The fourth-order valence-corrected chi connectivity index (χ4v) is 5.66. The number of amides is 1. The van der Waals surface area contributed by atoms with Crippen LogP contribution in [0.4, 0.5) is 36.6 Å². The summed E-state index contributed by atoms with van der Waals surface area (Å²) in [6, 6.07) is 17.6. The Kier molecular flexibility index (Phi) is 12.0. The lowest BCUT2D eigenvalue weighted by Crippen LogP contribution is -2.45. The maximum Gasteiger partial charge on any atom is 0.416 e. The zero-order chi connectivity index (χ0) is 32.5. The van der Waals surface area contributed by atoms with Crippen LogP contribution in [-0.2, 0) is 17.5 Å². The van der Waals surface area contributed by atoms with E-state index in [0.717, 1.165) is 24.3 Å². The third-order valence-electron chi connectivity index (χ3n) is 7.61. The summed E-state index contributed by atoms with van der Waals surface area (Å²) in [7, 11) is 0. The lowest BCUT2D eigenvalue weighted by atomic mass is 9.74. The van der Waals surface area contributed by atoms with Gasteiger partial charge in [-0.05, 0) is 48.9 Å². The van der Waals surface area contributed by atoms with E-state index in [9.17, 15) is 40.3 Å². The van der Waals surface area contributed by atoms with Gasteiger partial charge in [-0.25, -0.2) is 9.07 Å². The second kappa shape index (κ2) is 14.9. The Morgan fingerprint density at radius 3 is 2.17 bits per heavy atom. The van der Waals surface area contributed by atoms with Gasteiger partial charge in [0, 0.05) is 36.6 Å². The van der Waals surface area contributed by atoms with Crippen molar-refractivity contribution in [2.75, 3.05) is 18.0 Å². The highest BCUT2D eigenvalue weighted by molar-refractivity contribution is 7.59. The molecule has 0 radical (unpaired) electrons. The van der Waals surface area contributed by atoms with Crippen molar-refractivity contribution in [2.45, 2.75) is 38.2 Å². The number of carbonyl (C=O) groups is 2. The van der Waals surface area contributed by atoms with E-state index in [2.05, 4.69) is 10.4 Å². The van der Waals surface area contributed by atoms with Crippen LogP contribution in [0.1, 0.15) is 52.0 Å². The minimum Gasteiger partial charge on any atom is -0.303 e. The van der Waals surface area contributed by atoms with Gasteiger partial charge in [-0.3, -0.25) is 14.5 Å². The molecule has 0 aliphatic carbocycles. The second-order valence-corrected chi connectivity index (χ2v) is 10.6. The number of rotatable bonds is 9. The molecule has 1 N–H and O–H groups in total. The summed E-state index contributed by atoms with van der Waals surface area (Å²) in [5.74, 6) is -3.77. The quantitative estimate of drug-likeness (QED) is 0.147. The summed E-state index contributed by atoms with van der Waals surface area (Å²) >= 11 is 0.